The molecule has 1 amide bonds. The highest BCUT2D eigenvalue weighted by Gasteiger charge is 2.17. The number of nitrogens with one attached hydrogen (secondary N) is 1. The smallest absolute Gasteiger partial charge is 0.265 e. The molecule has 1 atom stereocenters. The predicted octanol–water partition coefficient (Wildman–Crippen LogP) is 1.59. The molecule has 0 radical (unpaired) electrons. The molecule has 100 valence electrons. The first-order valence-corrected chi connectivity index (χ1v) is 5.69. The number of carbonyl (C=O) groups excluding carboxylic acids is 1. The maximum atomic E-state index is 12.0. The second-order valence-corrected chi connectivity index (χ2v) is 4.31. The number of alkyl halides is 2. The lowest BCUT2D eigenvalue weighted by molar-refractivity contribution is -0.121. The standard InChI is InChI=1S/C13H17F2NO2/c1-8-3-4-9(2)10(5-8)6-12(18)16-7-11(17)13(14)15/h3-5,11,13,17H,6-7H2,1-2H3,(H,16,18). The first-order valence-electron chi connectivity index (χ1n) is 5.69. The molecule has 0 heterocycles. The van der Waals surface area contributed by atoms with Crippen molar-refractivity contribution in [1.29, 1.82) is 0 Å². The Morgan fingerprint density at radius 2 is 2.06 bits per heavy atom. The average Bonchev–Trinajstić information content (AvgIpc) is 2.30. The lowest BCUT2D eigenvalue weighted by Gasteiger charge is -2.11. The van der Waals surface area contributed by atoms with Crippen molar-refractivity contribution in [1.82, 2.24) is 5.32 Å². The molecule has 5 heteroatoms. The first-order chi connectivity index (χ1) is 8.40. The molecule has 0 saturated carbocycles. The summed E-state index contributed by atoms with van der Waals surface area (Å²) in [4.78, 5) is 11.5. The van der Waals surface area contributed by atoms with E-state index in [4.69, 9.17) is 5.11 Å². The quantitative estimate of drug-likeness (QED) is 0.841. The van der Waals surface area contributed by atoms with Crippen molar-refractivity contribution in [3.8, 4) is 0 Å². The van der Waals surface area contributed by atoms with Crippen LogP contribution in [0.5, 0.6) is 0 Å². The molecule has 0 aliphatic heterocycles. The monoisotopic (exact) mass is 257 g/mol. The van der Waals surface area contributed by atoms with E-state index in [1.807, 2.05) is 32.0 Å². The maximum absolute atomic E-state index is 12.0. The zero-order valence-electron chi connectivity index (χ0n) is 10.4. The molecular weight excluding hydrogens is 240 g/mol. The molecule has 1 unspecified atom stereocenters. The molecule has 3 nitrogen and oxygen atoms in total. The predicted molar refractivity (Wildman–Crippen MR) is 64.6 cm³/mol. The number of amides is 1. The molecule has 1 rings (SSSR count). The van der Waals surface area contributed by atoms with Gasteiger partial charge in [0.25, 0.3) is 6.43 Å². The van der Waals surface area contributed by atoms with Gasteiger partial charge in [-0.15, -0.1) is 0 Å². The summed E-state index contributed by atoms with van der Waals surface area (Å²) in [6, 6.07) is 5.74. The van der Waals surface area contributed by atoms with Crippen LogP contribution in [0.3, 0.4) is 0 Å². The van der Waals surface area contributed by atoms with Crippen molar-refractivity contribution in [2.75, 3.05) is 6.54 Å². The van der Waals surface area contributed by atoms with Crippen LogP contribution in [0.4, 0.5) is 8.78 Å². The molecule has 0 bridgehead atoms. The van der Waals surface area contributed by atoms with Gasteiger partial charge in [0.2, 0.25) is 5.91 Å². The Kier molecular flexibility index (Phi) is 5.22. The van der Waals surface area contributed by atoms with Gasteiger partial charge in [-0.3, -0.25) is 4.79 Å². The first kappa shape index (κ1) is 14.6. The minimum Gasteiger partial charge on any atom is -0.385 e. The summed E-state index contributed by atoms with van der Waals surface area (Å²) in [6.07, 6.45) is -4.53. The van der Waals surface area contributed by atoms with Gasteiger partial charge in [0.05, 0.1) is 6.42 Å². The SMILES string of the molecule is Cc1ccc(C)c(CC(=O)NCC(O)C(F)F)c1. The third kappa shape index (κ3) is 4.41. The number of benzene rings is 1. The van der Waals surface area contributed by atoms with E-state index in [0.717, 1.165) is 16.7 Å². The van der Waals surface area contributed by atoms with E-state index in [-0.39, 0.29) is 12.3 Å². The van der Waals surface area contributed by atoms with Gasteiger partial charge in [0.1, 0.15) is 6.10 Å². The van der Waals surface area contributed by atoms with E-state index in [2.05, 4.69) is 5.32 Å². The highest BCUT2D eigenvalue weighted by molar-refractivity contribution is 5.79. The van der Waals surface area contributed by atoms with Gasteiger partial charge < -0.3 is 10.4 Å². The maximum Gasteiger partial charge on any atom is 0.265 e. The lowest BCUT2D eigenvalue weighted by atomic mass is 10.0. The second kappa shape index (κ2) is 6.44. The summed E-state index contributed by atoms with van der Waals surface area (Å²) in [5.41, 5.74) is 2.88. The Bertz CT molecular complexity index is 421. The number of rotatable bonds is 5. The molecule has 0 spiro atoms. The Balaban J connectivity index is 2.52. The summed E-state index contributed by atoms with van der Waals surface area (Å²) < 4.78 is 24.0. The number of halogens is 2. The molecule has 2 N–H and O–H groups in total. The van der Waals surface area contributed by atoms with Crippen molar-refractivity contribution < 1.29 is 18.7 Å². The van der Waals surface area contributed by atoms with E-state index in [1.165, 1.54) is 0 Å². The summed E-state index contributed by atoms with van der Waals surface area (Å²) in [6.45, 7) is 3.37. The van der Waals surface area contributed by atoms with Crippen LogP contribution in [0.15, 0.2) is 18.2 Å². The third-order valence-electron chi connectivity index (χ3n) is 2.65. The summed E-state index contributed by atoms with van der Waals surface area (Å²) in [5.74, 6) is -0.372. The number of hydrogen-bond donors (Lipinski definition) is 2. The van der Waals surface area contributed by atoms with Gasteiger partial charge in [-0.1, -0.05) is 23.8 Å². The van der Waals surface area contributed by atoms with E-state index >= 15 is 0 Å². The van der Waals surface area contributed by atoms with Gasteiger partial charge in [-0.25, -0.2) is 8.78 Å². The van der Waals surface area contributed by atoms with Crippen LogP contribution in [0, 0.1) is 13.8 Å². The Labute approximate surface area is 105 Å². The minimum atomic E-state index is -2.84. The lowest BCUT2D eigenvalue weighted by Crippen LogP contribution is -2.36. The van der Waals surface area contributed by atoms with Crippen LogP contribution in [-0.4, -0.2) is 30.1 Å². The third-order valence-corrected chi connectivity index (χ3v) is 2.65. The van der Waals surface area contributed by atoms with Gasteiger partial charge in [0, 0.05) is 6.54 Å². The zero-order valence-corrected chi connectivity index (χ0v) is 10.4. The van der Waals surface area contributed by atoms with Crippen LogP contribution < -0.4 is 5.32 Å². The summed E-state index contributed by atoms with van der Waals surface area (Å²) in [7, 11) is 0. The van der Waals surface area contributed by atoms with Crippen LogP contribution in [0.1, 0.15) is 16.7 Å². The number of carbonyl (C=O) groups is 1. The molecule has 0 aliphatic carbocycles. The number of aliphatic hydroxyl groups excluding tert-OH is 1. The van der Waals surface area contributed by atoms with Crippen LogP contribution >= 0.6 is 0 Å². The van der Waals surface area contributed by atoms with Gasteiger partial charge in [-0.2, -0.15) is 0 Å². The van der Waals surface area contributed by atoms with Crippen molar-refractivity contribution >= 4 is 5.91 Å². The Morgan fingerprint density at radius 1 is 1.39 bits per heavy atom. The fourth-order valence-electron chi connectivity index (χ4n) is 1.53. The van der Waals surface area contributed by atoms with Crippen LogP contribution in [0.25, 0.3) is 0 Å². The van der Waals surface area contributed by atoms with Crippen molar-refractivity contribution in [3.05, 3.63) is 34.9 Å². The number of aliphatic hydroxyl groups is 1. The fraction of sp³-hybridized carbons (Fsp3) is 0.462. The van der Waals surface area contributed by atoms with E-state index in [9.17, 15) is 13.6 Å². The summed E-state index contributed by atoms with van der Waals surface area (Å²) >= 11 is 0. The van der Waals surface area contributed by atoms with Gasteiger partial charge in [-0.05, 0) is 25.0 Å². The zero-order chi connectivity index (χ0) is 13.7. The second-order valence-electron chi connectivity index (χ2n) is 4.31. The van der Waals surface area contributed by atoms with Gasteiger partial charge in [0.15, 0.2) is 0 Å². The van der Waals surface area contributed by atoms with E-state index in [1.54, 1.807) is 0 Å². The molecule has 1 aromatic carbocycles. The number of hydrogen-bond acceptors (Lipinski definition) is 2. The summed E-state index contributed by atoms with van der Waals surface area (Å²) in [5, 5.41) is 11.2. The highest BCUT2D eigenvalue weighted by atomic mass is 19.3. The van der Waals surface area contributed by atoms with Crippen molar-refractivity contribution in [3.63, 3.8) is 0 Å². The largest absolute Gasteiger partial charge is 0.385 e. The van der Waals surface area contributed by atoms with Gasteiger partial charge >= 0.3 is 0 Å². The molecule has 0 fully saturated rings. The highest BCUT2D eigenvalue weighted by Crippen LogP contribution is 2.11. The molecule has 0 aliphatic rings. The molecule has 0 aromatic heterocycles. The Hall–Kier alpha value is -1.49. The van der Waals surface area contributed by atoms with Crippen LogP contribution in [0.2, 0.25) is 0 Å². The van der Waals surface area contributed by atoms with Crippen molar-refractivity contribution in [2.45, 2.75) is 32.8 Å². The Morgan fingerprint density at radius 3 is 2.67 bits per heavy atom. The van der Waals surface area contributed by atoms with Crippen molar-refractivity contribution in [2.24, 2.45) is 0 Å². The van der Waals surface area contributed by atoms with E-state index in [0.29, 0.717) is 0 Å². The fourth-order valence-corrected chi connectivity index (χ4v) is 1.53. The molecular formula is C13H17F2NO2. The molecule has 0 saturated heterocycles. The topological polar surface area (TPSA) is 49.3 Å². The van der Waals surface area contributed by atoms with E-state index < -0.39 is 19.1 Å². The average molecular weight is 257 g/mol. The molecule has 18 heavy (non-hydrogen) atoms. The molecule has 1 aromatic rings. The van der Waals surface area contributed by atoms with Crippen LogP contribution in [-0.2, 0) is 11.2 Å². The number of aryl methyl sites for hydroxylation is 2. The normalized spacial score (nSPS) is 12.6. The minimum absolute atomic E-state index is 0.128.